The smallest absolute Gasteiger partial charge is 0.240 e. The van der Waals surface area contributed by atoms with E-state index in [0.29, 0.717) is 6.54 Å². The summed E-state index contributed by atoms with van der Waals surface area (Å²) < 4.78 is 38.6. The zero-order valence-electron chi connectivity index (χ0n) is 17.4. The van der Waals surface area contributed by atoms with Crippen molar-refractivity contribution < 1.29 is 17.9 Å². The average Bonchev–Trinajstić information content (AvgIpc) is 2.72. The van der Waals surface area contributed by atoms with Gasteiger partial charge in [-0.1, -0.05) is 12.1 Å². The standard InChI is InChI=1S/C22H30N2O4S/c1-17-15-21(16-18(2)22(17)27-3)29(25,26)23-10-4-5-19-6-8-20(9-7-19)24-11-13-28-14-12-24/h6-9,15-16,23H,4-5,10-14H2,1-3H3. The van der Waals surface area contributed by atoms with Crippen molar-refractivity contribution in [2.75, 3.05) is 44.9 Å². The molecular weight excluding hydrogens is 388 g/mol. The van der Waals surface area contributed by atoms with Crippen LogP contribution >= 0.6 is 0 Å². The van der Waals surface area contributed by atoms with Crippen LogP contribution in [0.15, 0.2) is 41.3 Å². The van der Waals surface area contributed by atoms with E-state index < -0.39 is 10.0 Å². The number of morpholine rings is 1. The summed E-state index contributed by atoms with van der Waals surface area (Å²) in [4.78, 5) is 2.60. The molecule has 1 aliphatic heterocycles. The van der Waals surface area contributed by atoms with Gasteiger partial charge in [-0.2, -0.15) is 0 Å². The van der Waals surface area contributed by atoms with Crippen LogP contribution in [0.25, 0.3) is 0 Å². The minimum absolute atomic E-state index is 0.281. The number of hydrogen-bond donors (Lipinski definition) is 1. The van der Waals surface area contributed by atoms with Crippen molar-refractivity contribution in [3.8, 4) is 5.75 Å². The summed E-state index contributed by atoms with van der Waals surface area (Å²) in [5, 5.41) is 0. The number of hydrogen-bond acceptors (Lipinski definition) is 5. The van der Waals surface area contributed by atoms with Crippen LogP contribution in [0.2, 0.25) is 0 Å². The topological polar surface area (TPSA) is 67.9 Å². The van der Waals surface area contributed by atoms with Crippen molar-refractivity contribution in [2.45, 2.75) is 31.6 Å². The Morgan fingerprint density at radius 1 is 1.07 bits per heavy atom. The lowest BCUT2D eigenvalue weighted by molar-refractivity contribution is 0.122. The van der Waals surface area contributed by atoms with E-state index in [4.69, 9.17) is 9.47 Å². The molecule has 29 heavy (non-hydrogen) atoms. The number of nitrogens with zero attached hydrogens (tertiary/aromatic N) is 1. The summed E-state index contributed by atoms with van der Waals surface area (Å²) in [6.45, 7) is 7.50. The maximum absolute atomic E-state index is 12.6. The number of ether oxygens (including phenoxy) is 2. The van der Waals surface area contributed by atoms with Gasteiger partial charge in [0.15, 0.2) is 0 Å². The molecule has 0 amide bonds. The van der Waals surface area contributed by atoms with E-state index in [1.165, 1.54) is 11.3 Å². The maximum Gasteiger partial charge on any atom is 0.240 e. The van der Waals surface area contributed by atoms with Crippen molar-refractivity contribution in [2.24, 2.45) is 0 Å². The molecule has 1 fully saturated rings. The van der Waals surface area contributed by atoms with Gasteiger partial charge in [0.1, 0.15) is 5.75 Å². The average molecular weight is 419 g/mol. The van der Waals surface area contributed by atoms with Gasteiger partial charge in [-0.25, -0.2) is 13.1 Å². The molecule has 0 saturated carbocycles. The minimum Gasteiger partial charge on any atom is -0.496 e. The van der Waals surface area contributed by atoms with E-state index in [1.807, 2.05) is 13.8 Å². The van der Waals surface area contributed by atoms with Crippen LogP contribution in [-0.2, 0) is 21.2 Å². The first-order valence-corrected chi connectivity index (χ1v) is 11.5. The molecule has 1 aliphatic rings. The van der Waals surface area contributed by atoms with Gasteiger partial charge in [-0.05, 0) is 67.6 Å². The molecular formula is C22H30N2O4S. The Balaban J connectivity index is 1.52. The first-order chi connectivity index (χ1) is 13.9. The highest BCUT2D eigenvalue weighted by Gasteiger charge is 2.17. The maximum atomic E-state index is 12.6. The summed E-state index contributed by atoms with van der Waals surface area (Å²) in [5.41, 5.74) is 4.04. The Morgan fingerprint density at radius 3 is 2.28 bits per heavy atom. The highest BCUT2D eigenvalue weighted by Crippen LogP contribution is 2.26. The first kappa shape index (κ1) is 21.6. The summed E-state index contributed by atoms with van der Waals surface area (Å²) >= 11 is 0. The van der Waals surface area contributed by atoms with Crippen molar-refractivity contribution in [1.29, 1.82) is 0 Å². The fraction of sp³-hybridized carbons (Fsp3) is 0.455. The lowest BCUT2D eigenvalue weighted by Crippen LogP contribution is -2.36. The summed E-state index contributed by atoms with van der Waals surface area (Å²) in [6, 6.07) is 11.8. The summed E-state index contributed by atoms with van der Waals surface area (Å²) in [5.74, 6) is 0.726. The molecule has 7 heteroatoms. The molecule has 6 nitrogen and oxygen atoms in total. The lowest BCUT2D eigenvalue weighted by Gasteiger charge is -2.28. The predicted molar refractivity (Wildman–Crippen MR) is 115 cm³/mol. The third-order valence-corrected chi connectivity index (χ3v) is 6.64. The first-order valence-electron chi connectivity index (χ1n) is 9.97. The number of aryl methyl sites for hydroxylation is 3. The number of sulfonamides is 1. The second kappa shape index (κ2) is 9.61. The number of rotatable bonds is 8. The van der Waals surface area contributed by atoms with Crippen molar-refractivity contribution in [3.05, 3.63) is 53.1 Å². The number of methoxy groups -OCH3 is 1. The molecule has 158 valence electrons. The van der Waals surface area contributed by atoms with Gasteiger partial charge in [-0.3, -0.25) is 0 Å². The summed E-state index contributed by atoms with van der Waals surface area (Å²) in [7, 11) is -1.94. The third-order valence-electron chi connectivity index (χ3n) is 5.20. The van der Waals surface area contributed by atoms with Crippen molar-refractivity contribution in [1.82, 2.24) is 4.72 Å². The molecule has 2 aromatic carbocycles. The molecule has 0 unspecified atom stereocenters. The van der Waals surface area contributed by atoms with Crippen molar-refractivity contribution in [3.63, 3.8) is 0 Å². The van der Waals surface area contributed by atoms with Gasteiger partial charge < -0.3 is 14.4 Å². The second-order valence-electron chi connectivity index (χ2n) is 7.36. The highest BCUT2D eigenvalue weighted by atomic mass is 32.2. The number of benzene rings is 2. The quantitative estimate of drug-likeness (QED) is 0.668. The molecule has 1 heterocycles. The Morgan fingerprint density at radius 2 is 1.69 bits per heavy atom. The zero-order chi connectivity index (χ0) is 20.9. The zero-order valence-corrected chi connectivity index (χ0v) is 18.2. The van der Waals surface area contributed by atoms with Gasteiger partial charge in [0, 0.05) is 25.3 Å². The molecule has 3 rings (SSSR count). The van der Waals surface area contributed by atoms with E-state index in [2.05, 4.69) is 33.9 Å². The van der Waals surface area contributed by atoms with Gasteiger partial charge in [0.05, 0.1) is 25.2 Å². The van der Waals surface area contributed by atoms with E-state index in [0.717, 1.165) is 56.0 Å². The van der Waals surface area contributed by atoms with Gasteiger partial charge in [0.25, 0.3) is 0 Å². The Bertz CT molecular complexity index is 897. The fourth-order valence-corrected chi connectivity index (χ4v) is 4.91. The van der Waals surface area contributed by atoms with Gasteiger partial charge in [0.2, 0.25) is 10.0 Å². The van der Waals surface area contributed by atoms with E-state index in [1.54, 1.807) is 19.2 Å². The number of nitrogens with one attached hydrogen (secondary N) is 1. The molecule has 1 saturated heterocycles. The normalized spacial score (nSPS) is 14.8. The summed E-state index contributed by atoms with van der Waals surface area (Å²) in [6.07, 6.45) is 1.57. The fourth-order valence-electron chi connectivity index (χ4n) is 3.67. The second-order valence-corrected chi connectivity index (χ2v) is 9.12. The van der Waals surface area contributed by atoms with Gasteiger partial charge in [-0.15, -0.1) is 0 Å². The van der Waals surface area contributed by atoms with E-state index >= 15 is 0 Å². The molecule has 0 bridgehead atoms. The molecule has 0 aromatic heterocycles. The van der Waals surface area contributed by atoms with Crippen LogP contribution in [0.3, 0.4) is 0 Å². The SMILES string of the molecule is COc1c(C)cc(S(=O)(=O)NCCCc2ccc(N3CCOCC3)cc2)cc1C. The monoisotopic (exact) mass is 418 g/mol. The predicted octanol–water partition coefficient (Wildman–Crippen LogP) is 3.06. The van der Waals surface area contributed by atoms with Crippen molar-refractivity contribution >= 4 is 15.7 Å². The van der Waals surface area contributed by atoms with Crippen LogP contribution in [0.4, 0.5) is 5.69 Å². The van der Waals surface area contributed by atoms with Crippen LogP contribution in [-0.4, -0.2) is 48.4 Å². The number of anilines is 1. The van der Waals surface area contributed by atoms with Crippen LogP contribution < -0.4 is 14.4 Å². The Kier molecular flexibility index (Phi) is 7.16. The lowest BCUT2D eigenvalue weighted by atomic mass is 10.1. The van der Waals surface area contributed by atoms with E-state index in [9.17, 15) is 8.42 Å². The third kappa shape index (κ3) is 5.50. The molecule has 2 aromatic rings. The molecule has 0 spiro atoms. The molecule has 0 atom stereocenters. The molecule has 1 N–H and O–H groups in total. The molecule has 0 aliphatic carbocycles. The molecule has 0 radical (unpaired) electrons. The Hall–Kier alpha value is -2.09. The minimum atomic E-state index is -3.53. The highest BCUT2D eigenvalue weighted by molar-refractivity contribution is 7.89. The van der Waals surface area contributed by atoms with Gasteiger partial charge >= 0.3 is 0 Å². The largest absolute Gasteiger partial charge is 0.496 e. The van der Waals surface area contributed by atoms with Crippen LogP contribution in [0.1, 0.15) is 23.1 Å². The van der Waals surface area contributed by atoms with Crippen LogP contribution in [0.5, 0.6) is 5.75 Å². The van der Waals surface area contributed by atoms with E-state index in [-0.39, 0.29) is 4.90 Å². The Labute approximate surface area is 173 Å². The van der Waals surface area contributed by atoms with Crippen LogP contribution in [0, 0.1) is 13.8 Å².